The molecule has 1 N–H and O–H groups in total. The van der Waals surface area contributed by atoms with Crippen molar-refractivity contribution in [2.45, 2.75) is 26.2 Å². The molecule has 0 amide bonds. The van der Waals surface area contributed by atoms with Crippen LogP contribution in [-0.2, 0) is 5.41 Å². The first-order chi connectivity index (χ1) is 7.12. The maximum absolute atomic E-state index is 12.5. The lowest BCUT2D eigenvalue weighted by atomic mass is 9.85. The third kappa shape index (κ3) is 3.34. The van der Waals surface area contributed by atoms with Gasteiger partial charge in [-0.2, -0.15) is 5.26 Å². The van der Waals surface area contributed by atoms with Crippen LogP contribution in [0.3, 0.4) is 0 Å². The summed E-state index contributed by atoms with van der Waals surface area (Å²) in [5.41, 5.74) is -0.313. The van der Waals surface area contributed by atoms with Crippen molar-refractivity contribution in [2.75, 3.05) is 6.61 Å². The summed E-state index contributed by atoms with van der Waals surface area (Å²) in [5, 5.41) is 17.8. The zero-order valence-corrected chi connectivity index (χ0v) is 9.29. The van der Waals surface area contributed by atoms with Crippen molar-refractivity contribution in [2.24, 2.45) is 0 Å². The van der Waals surface area contributed by atoms with Gasteiger partial charge in [-0.05, 0) is 24.6 Å². The number of halogens is 1. The molecule has 0 heterocycles. The number of hydrogen-bond donors (Lipinski definition) is 1. The third-order valence-corrected chi connectivity index (χ3v) is 2.04. The average molecular weight is 209 g/mol. The first-order valence-corrected chi connectivity index (χ1v) is 4.90. The van der Waals surface area contributed by atoms with Crippen LogP contribution in [0.15, 0.2) is 24.3 Å². The normalized spacial score (nSPS) is 13.1. The van der Waals surface area contributed by atoms with Gasteiger partial charge < -0.3 is 5.11 Å². The molecule has 0 saturated carbocycles. The number of hydrogen-bond acceptors (Lipinski definition) is 2. The molecule has 0 aliphatic rings. The fourth-order valence-electron chi connectivity index (χ4n) is 1.01. The van der Waals surface area contributed by atoms with Gasteiger partial charge in [0.2, 0.25) is 0 Å². The van der Waals surface area contributed by atoms with E-state index in [1.54, 1.807) is 6.92 Å². The number of benzene rings is 1. The Hall–Kier alpha value is -1.40. The van der Waals surface area contributed by atoms with Crippen molar-refractivity contribution < 1.29 is 9.50 Å². The summed E-state index contributed by atoms with van der Waals surface area (Å²) < 4.78 is 12.5. The van der Waals surface area contributed by atoms with E-state index in [1.807, 2.05) is 19.9 Å². The van der Waals surface area contributed by atoms with Crippen molar-refractivity contribution in [3.63, 3.8) is 0 Å². The number of nitriles is 1. The molecule has 1 unspecified atom stereocenters. The molecule has 1 atom stereocenters. The van der Waals surface area contributed by atoms with Gasteiger partial charge in [-0.3, -0.25) is 0 Å². The molecular formula is C12H16FNO. The maximum atomic E-state index is 12.5. The van der Waals surface area contributed by atoms with E-state index < -0.39 is 5.41 Å². The van der Waals surface area contributed by atoms with Crippen LogP contribution in [0.25, 0.3) is 0 Å². The second-order valence-electron chi connectivity index (χ2n) is 3.11. The van der Waals surface area contributed by atoms with Gasteiger partial charge in [-0.1, -0.05) is 26.0 Å². The Balaban J connectivity index is 0.000000921. The highest BCUT2D eigenvalue weighted by molar-refractivity contribution is 5.31. The van der Waals surface area contributed by atoms with Gasteiger partial charge in [0.05, 0.1) is 12.7 Å². The molecule has 0 fully saturated rings. The highest BCUT2D eigenvalue weighted by atomic mass is 19.1. The van der Waals surface area contributed by atoms with Crippen LogP contribution in [0.2, 0.25) is 0 Å². The lowest BCUT2D eigenvalue weighted by Gasteiger charge is -2.18. The molecule has 0 saturated heterocycles. The van der Waals surface area contributed by atoms with E-state index in [-0.39, 0.29) is 12.4 Å². The molecular weight excluding hydrogens is 193 g/mol. The minimum Gasteiger partial charge on any atom is -0.394 e. The Kier molecular flexibility index (Phi) is 5.58. The van der Waals surface area contributed by atoms with Crippen LogP contribution in [0.4, 0.5) is 4.39 Å². The molecule has 82 valence electrons. The Bertz CT molecular complexity index is 328. The monoisotopic (exact) mass is 209 g/mol. The summed E-state index contributed by atoms with van der Waals surface area (Å²) in [6, 6.07) is 7.57. The molecule has 1 aromatic carbocycles. The number of rotatable bonds is 2. The van der Waals surface area contributed by atoms with Gasteiger partial charge in [-0.25, -0.2) is 4.39 Å². The number of aliphatic hydroxyl groups is 1. The topological polar surface area (TPSA) is 44.0 Å². The van der Waals surface area contributed by atoms with Gasteiger partial charge in [0, 0.05) is 0 Å². The average Bonchev–Trinajstić information content (AvgIpc) is 2.31. The van der Waals surface area contributed by atoms with Crippen molar-refractivity contribution in [1.29, 1.82) is 5.26 Å². The standard InChI is InChI=1S/C10H10FNO.C2H6/c1-10(6-12,7-13)8-2-4-9(11)5-3-8;1-2/h2-5,13H,7H2,1H3;1-2H3. The first-order valence-electron chi connectivity index (χ1n) is 4.90. The second kappa shape index (κ2) is 6.15. The predicted molar refractivity (Wildman–Crippen MR) is 57.8 cm³/mol. The largest absolute Gasteiger partial charge is 0.394 e. The van der Waals surface area contributed by atoms with Crippen LogP contribution in [0.5, 0.6) is 0 Å². The molecule has 1 aromatic rings. The smallest absolute Gasteiger partial charge is 0.123 e. The number of aliphatic hydroxyl groups excluding tert-OH is 1. The molecule has 0 bridgehead atoms. The molecule has 2 nitrogen and oxygen atoms in total. The summed E-state index contributed by atoms with van der Waals surface area (Å²) in [4.78, 5) is 0. The Morgan fingerprint density at radius 2 is 1.80 bits per heavy atom. The summed E-state index contributed by atoms with van der Waals surface area (Å²) >= 11 is 0. The third-order valence-electron chi connectivity index (χ3n) is 2.04. The quantitative estimate of drug-likeness (QED) is 0.813. The van der Waals surface area contributed by atoms with Crippen molar-refractivity contribution >= 4 is 0 Å². The van der Waals surface area contributed by atoms with Gasteiger partial charge in [0.1, 0.15) is 11.2 Å². The van der Waals surface area contributed by atoms with Crippen molar-refractivity contribution in [1.82, 2.24) is 0 Å². The Labute approximate surface area is 90.0 Å². The van der Waals surface area contributed by atoms with E-state index in [2.05, 4.69) is 0 Å². The highest BCUT2D eigenvalue weighted by Crippen LogP contribution is 2.22. The van der Waals surface area contributed by atoms with E-state index in [1.165, 1.54) is 24.3 Å². The van der Waals surface area contributed by atoms with E-state index in [9.17, 15) is 4.39 Å². The highest BCUT2D eigenvalue weighted by Gasteiger charge is 2.24. The van der Waals surface area contributed by atoms with Gasteiger partial charge in [-0.15, -0.1) is 0 Å². The lowest BCUT2D eigenvalue weighted by Crippen LogP contribution is -2.24. The zero-order valence-electron chi connectivity index (χ0n) is 9.29. The molecule has 0 radical (unpaired) electrons. The molecule has 15 heavy (non-hydrogen) atoms. The van der Waals surface area contributed by atoms with Crippen LogP contribution in [-0.4, -0.2) is 11.7 Å². The summed E-state index contributed by atoms with van der Waals surface area (Å²) in [6.07, 6.45) is 0. The van der Waals surface area contributed by atoms with Gasteiger partial charge in [0.25, 0.3) is 0 Å². The summed E-state index contributed by atoms with van der Waals surface area (Å²) in [5.74, 6) is -0.345. The molecule has 0 aliphatic heterocycles. The van der Waals surface area contributed by atoms with Gasteiger partial charge in [0.15, 0.2) is 0 Å². The summed E-state index contributed by atoms with van der Waals surface area (Å²) in [6.45, 7) is 5.34. The summed E-state index contributed by atoms with van der Waals surface area (Å²) in [7, 11) is 0. The van der Waals surface area contributed by atoms with Crippen molar-refractivity contribution in [3.8, 4) is 6.07 Å². The van der Waals surface area contributed by atoms with Crippen LogP contribution >= 0.6 is 0 Å². The second-order valence-corrected chi connectivity index (χ2v) is 3.11. The lowest BCUT2D eigenvalue weighted by molar-refractivity contribution is 0.240. The first kappa shape index (κ1) is 13.6. The number of nitrogens with zero attached hydrogens (tertiary/aromatic N) is 1. The van der Waals surface area contributed by atoms with Gasteiger partial charge >= 0.3 is 0 Å². The van der Waals surface area contributed by atoms with E-state index in [0.717, 1.165) is 0 Å². The minimum absolute atomic E-state index is 0.269. The molecule has 3 heteroatoms. The van der Waals surface area contributed by atoms with E-state index >= 15 is 0 Å². The fraction of sp³-hybridized carbons (Fsp3) is 0.417. The van der Waals surface area contributed by atoms with Crippen LogP contribution in [0.1, 0.15) is 26.3 Å². The molecule has 0 aliphatic carbocycles. The van der Waals surface area contributed by atoms with Crippen LogP contribution in [0, 0.1) is 17.1 Å². The maximum Gasteiger partial charge on any atom is 0.123 e. The SMILES string of the molecule is CC.CC(C#N)(CO)c1ccc(F)cc1. The Morgan fingerprint density at radius 1 is 1.33 bits per heavy atom. The van der Waals surface area contributed by atoms with Crippen LogP contribution < -0.4 is 0 Å². The minimum atomic E-state index is -0.937. The molecule has 0 spiro atoms. The van der Waals surface area contributed by atoms with E-state index in [4.69, 9.17) is 10.4 Å². The predicted octanol–water partition coefficient (Wildman–Crippen LogP) is 2.63. The zero-order chi connectivity index (χ0) is 11.9. The van der Waals surface area contributed by atoms with Crippen molar-refractivity contribution in [3.05, 3.63) is 35.6 Å². The molecule has 1 rings (SSSR count). The van der Waals surface area contributed by atoms with E-state index in [0.29, 0.717) is 5.56 Å². The molecule has 0 aromatic heterocycles. The Morgan fingerprint density at radius 3 is 2.13 bits per heavy atom. The fourth-order valence-corrected chi connectivity index (χ4v) is 1.01.